The van der Waals surface area contributed by atoms with E-state index in [1.807, 2.05) is 11.0 Å². The zero-order chi connectivity index (χ0) is 24.1. The molecule has 0 spiro atoms. The monoisotopic (exact) mass is 463 g/mol. The summed E-state index contributed by atoms with van der Waals surface area (Å²) in [6.45, 7) is 9.03. The maximum absolute atomic E-state index is 12.8. The van der Waals surface area contributed by atoms with Crippen molar-refractivity contribution in [3.8, 4) is 0 Å². The van der Waals surface area contributed by atoms with Crippen LogP contribution in [0.2, 0.25) is 0 Å². The second kappa shape index (κ2) is 11.0. The molecule has 0 unspecified atom stereocenters. The molecule has 0 radical (unpaired) electrons. The molecule has 0 saturated carbocycles. The lowest BCUT2D eigenvalue weighted by atomic mass is 9.89. The largest absolute Gasteiger partial charge is 0.351 e. The molecule has 2 saturated heterocycles. The maximum Gasteiger partial charge on any atom is 0.270 e. The summed E-state index contributed by atoms with van der Waals surface area (Å²) in [7, 11) is 0. The summed E-state index contributed by atoms with van der Waals surface area (Å²) in [5.74, 6) is 0.128. The number of amides is 1. The van der Waals surface area contributed by atoms with Crippen molar-refractivity contribution in [2.75, 3.05) is 32.7 Å². The maximum atomic E-state index is 12.8. The average Bonchev–Trinajstić information content (AvgIpc) is 3.54. The molecule has 1 amide bonds. The fourth-order valence-corrected chi connectivity index (χ4v) is 4.81. The van der Waals surface area contributed by atoms with Crippen LogP contribution in [-0.4, -0.2) is 59.2 Å². The minimum absolute atomic E-state index is 0.114. The number of hydrogen-bond donors (Lipinski definition) is 1. The number of nitrogens with one attached hydrogen (secondary N) is 1. The van der Waals surface area contributed by atoms with E-state index in [-0.39, 0.29) is 23.4 Å². The summed E-state index contributed by atoms with van der Waals surface area (Å²) < 4.78 is 12.8. The van der Waals surface area contributed by atoms with Crippen LogP contribution in [0.15, 0.2) is 48.5 Å². The number of piperidine rings is 1. The molecule has 2 aliphatic heterocycles. The number of fused-ring (bicyclic) bond motifs is 1. The van der Waals surface area contributed by atoms with Gasteiger partial charge >= 0.3 is 0 Å². The third-order valence-electron chi connectivity index (χ3n) is 6.94. The van der Waals surface area contributed by atoms with E-state index in [1.54, 1.807) is 12.1 Å². The molecule has 5 nitrogen and oxygen atoms in total. The number of ketones is 1. The van der Waals surface area contributed by atoms with Crippen LogP contribution in [0.4, 0.5) is 4.39 Å². The number of aromatic nitrogens is 1. The van der Waals surface area contributed by atoms with Gasteiger partial charge in [-0.1, -0.05) is 19.1 Å². The van der Waals surface area contributed by atoms with Gasteiger partial charge in [-0.15, -0.1) is 0 Å². The molecule has 0 aliphatic carbocycles. The number of likely N-dealkylation sites (tertiary alicyclic amines) is 2. The molecular formula is C28H34FN3O2. The zero-order valence-electron chi connectivity index (χ0n) is 20.1. The van der Waals surface area contributed by atoms with Gasteiger partial charge in [0.05, 0.1) is 0 Å². The van der Waals surface area contributed by atoms with Crippen LogP contribution < -0.4 is 0 Å². The first kappa shape index (κ1) is 24.1. The predicted molar refractivity (Wildman–Crippen MR) is 134 cm³/mol. The van der Waals surface area contributed by atoms with Gasteiger partial charge in [0.2, 0.25) is 0 Å². The highest BCUT2D eigenvalue weighted by Gasteiger charge is 2.25. The SMILES string of the molecule is CCN1CCC(C(=O)c2ccc(F)cc2)CC1.Cc1ccc2cc(C(=O)N3CCCC3)[nH]c2c1. The molecule has 2 fully saturated rings. The van der Waals surface area contributed by atoms with Crippen LogP contribution in [0.25, 0.3) is 10.9 Å². The fraction of sp³-hybridized carbons (Fsp3) is 0.429. The van der Waals surface area contributed by atoms with Crippen molar-refractivity contribution in [2.45, 2.75) is 39.5 Å². The number of H-pyrrole nitrogens is 1. The standard InChI is InChI=1S/C14H18FNO.C14H16N2O/c1-2-16-9-7-12(8-10-16)14(17)11-3-5-13(15)6-4-11;1-10-4-5-11-9-13(15-12(11)8-10)14(17)16-6-2-3-7-16/h3-6,12H,2,7-10H2,1H3;4-5,8-9,15H,2-3,6-7H2,1H3. The number of halogens is 1. The number of carbonyl (C=O) groups excluding carboxylic acids is 2. The highest BCUT2D eigenvalue weighted by atomic mass is 19.1. The Balaban J connectivity index is 0.000000161. The Labute approximate surface area is 200 Å². The number of Topliss-reactive ketones (excluding diaryl/α,β-unsaturated/α-hetero) is 1. The smallest absolute Gasteiger partial charge is 0.270 e. The number of rotatable bonds is 4. The fourth-order valence-electron chi connectivity index (χ4n) is 4.81. The first-order chi connectivity index (χ1) is 16.4. The van der Waals surface area contributed by atoms with E-state index in [4.69, 9.17) is 0 Å². The van der Waals surface area contributed by atoms with Crippen LogP contribution in [0.3, 0.4) is 0 Å². The summed E-state index contributed by atoms with van der Waals surface area (Å²) >= 11 is 0. The van der Waals surface area contributed by atoms with Gasteiger partial charge < -0.3 is 14.8 Å². The van der Waals surface area contributed by atoms with E-state index in [9.17, 15) is 14.0 Å². The molecule has 3 aromatic rings. The van der Waals surface area contributed by atoms with Crippen LogP contribution in [0.5, 0.6) is 0 Å². The van der Waals surface area contributed by atoms with Gasteiger partial charge in [0, 0.05) is 35.5 Å². The molecule has 6 heteroatoms. The van der Waals surface area contributed by atoms with Crippen LogP contribution in [-0.2, 0) is 0 Å². The van der Waals surface area contributed by atoms with E-state index in [2.05, 4.69) is 41.9 Å². The summed E-state index contributed by atoms with van der Waals surface area (Å²) in [5.41, 5.74) is 3.61. The summed E-state index contributed by atoms with van der Waals surface area (Å²) in [5, 5.41) is 1.11. The third-order valence-corrected chi connectivity index (χ3v) is 6.94. The van der Waals surface area contributed by atoms with Crippen molar-refractivity contribution in [1.29, 1.82) is 0 Å². The van der Waals surface area contributed by atoms with E-state index < -0.39 is 0 Å². The van der Waals surface area contributed by atoms with Gasteiger partial charge in [-0.3, -0.25) is 9.59 Å². The van der Waals surface area contributed by atoms with Crippen molar-refractivity contribution in [2.24, 2.45) is 5.92 Å². The molecule has 3 heterocycles. The lowest BCUT2D eigenvalue weighted by Crippen LogP contribution is -2.36. The van der Waals surface area contributed by atoms with Gasteiger partial charge in [0.25, 0.3) is 5.91 Å². The lowest BCUT2D eigenvalue weighted by molar-refractivity contribution is 0.0787. The van der Waals surface area contributed by atoms with Crippen LogP contribution in [0.1, 0.15) is 59.0 Å². The Kier molecular flexibility index (Phi) is 7.78. The van der Waals surface area contributed by atoms with Crippen LogP contribution >= 0.6 is 0 Å². The third kappa shape index (κ3) is 5.73. The van der Waals surface area contributed by atoms with Crippen LogP contribution in [0, 0.1) is 18.7 Å². The molecule has 0 bridgehead atoms. The molecule has 5 rings (SSSR count). The topological polar surface area (TPSA) is 56.4 Å². The van der Waals surface area contributed by atoms with Crippen molar-refractivity contribution in [3.63, 3.8) is 0 Å². The zero-order valence-corrected chi connectivity index (χ0v) is 20.1. The van der Waals surface area contributed by atoms with Gasteiger partial charge in [-0.25, -0.2) is 4.39 Å². The molecule has 1 N–H and O–H groups in total. The Morgan fingerprint density at radius 2 is 1.65 bits per heavy atom. The Morgan fingerprint density at radius 3 is 2.29 bits per heavy atom. The quantitative estimate of drug-likeness (QED) is 0.523. The van der Waals surface area contributed by atoms with E-state index in [0.29, 0.717) is 11.3 Å². The summed E-state index contributed by atoms with van der Waals surface area (Å²) in [4.78, 5) is 31.9. The number of carbonyl (C=O) groups is 2. The van der Waals surface area contributed by atoms with Crippen molar-refractivity contribution >= 4 is 22.6 Å². The molecule has 2 aromatic carbocycles. The first-order valence-corrected chi connectivity index (χ1v) is 12.4. The first-order valence-electron chi connectivity index (χ1n) is 12.4. The van der Waals surface area contributed by atoms with E-state index in [0.717, 1.165) is 69.3 Å². The van der Waals surface area contributed by atoms with Crippen molar-refractivity contribution in [1.82, 2.24) is 14.8 Å². The molecular weight excluding hydrogens is 429 g/mol. The molecule has 1 aromatic heterocycles. The van der Waals surface area contributed by atoms with E-state index >= 15 is 0 Å². The molecule has 34 heavy (non-hydrogen) atoms. The molecule has 0 atom stereocenters. The Hall–Kier alpha value is -2.99. The van der Waals surface area contributed by atoms with Gasteiger partial charge in [-0.05, 0) is 94.2 Å². The number of aromatic amines is 1. The summed E-state index contributed by atoms with van der Waals surface area (Å²) in [6.07, 6.45) is 4.10. The Morgan fingerprint density at radius 1 is 0.971 bits per heavy atom. The number of benzene rings is 2. The van der Waals surface area contributed by atoms with Crippen molar-refractivity contribution < 1.29 is 14.0 Å². The number of hydrogen-bond acceptors (Lipinski definition) is 3. The molecule has 180 valence electrons. The van der Waals surface area contributed by atoms with Gasteiger partial charge in [0.15, 0.2) is 5.78 Å². The highest BCUT2D eigenvalue weighted by molar-refractivity contribution is 5.98. The number of nitrogens with zero attached hydrogens (tertiary/aromatic N) is 2. The number of aryl methyl sites for hydroxylation is 1. The summed E-state index contributed by atoms with van der Waals surface area (Å²) in [6, 6.07) is 14.0. The average molecular weight is 464 g/mol. The second-order valence-electron chi connectivity index (χ2n) is 9.35. The van der Waals surface area contributed by atoms with Gasteiger partial charge in [0.1, 0.15) is 11.5 Å². The minimum Gasteiger partial charge on any atom is -0.351 e. The highest BCUT2D eigenvalue weighted by Crippen LogP contribution is 2.22. The van der Waals surface area contributed by atoms with E-state index in [1.165, 1.54) is 17.7 Å². The molecule has 2 aliphatic rings. The lowest BCUT2D eigenvalue weighted by Gasteiger charge is -2.30. The van der Waals surface area contributed by atoms with Gasteiger partial charge in [-0.2, -0.15) is 0 Å². The second-order valence-corrected chi connectivity index (χ2v) is 9.35. The normalized spacial score (nSPS) is 17.0. The van der Waals surface area contributed by atoms with Crippen molar-refractivity contribution in [3.05, 3.63) is 71.2 Å². The Bertz CT molecular complexity index is 1120. The minimum atomic E-state index is -0.289. The predicted octanol–water partition coefficient (Wildman–Crippen LogP) is 5.45.